The molecule has 0 amide bonds. The number of aliphatic imine (C=N–C) groups is 1. The third kappa shape index (κ3) is 8.26. The molecule has 1 atom stereocenters. The van der Waals surface area contributed by atoms with Crippen LogP contribution < -0.4 is 10.6 Å². The van der Waals surface area contributed by atoms with Crippen LogP contribution in [0.1, 0.15) is 26.7 Å². The Hall–Kier alpha value is -0.0800. The summed E-state index contributed by atoms with van der Waals surface area (Å²) in [5.41, 5.74) is 0.213. The number of nitrogens with one attached hydrogen (secondary N) is 2. The standard InChI is InChI=1S/C14H30N4O.HI/c1-14(2,11-18(4)5)10-17-13(15-3)16-9-12-7-6-8-19-12;/h12H,6-11H2,1-5H3,(H2,15,16,17);1H. The maximum atomic E-state index is 5.59. The van der Waals surface area contributed by atoms with E-state index in [0.29, 0.717) is 6.10 Å². The molecule has 0 bridgehead atoms. The van der Waals surface area contributed by atoms with E-state index in [2.05, 4.69) is 48.5 Å². The minimum Gasteiger partial charge on any atom is -0.376 e. The summed E-state index contributed by atoms with van der Waals surface area (Å²) in [6, 6.07) is 0. The number of halogens is 1. The predicted molar refractivity (Wildman–Crippen MR) is 96.1 cm³/mol. The molecule has 0 aromatic carbocycles. The van der Waals surface area contributed by atoms with Crippen molar-refractivity contribution in [1.29, 1.82) is 0 Å². The van der Waals surface area contributed by atoms with Crippen LogP contribution in [0.15, 0.2) is 4.99 Å². The molecule has 0 radical (unpaired) electrons. The summed E-state index contributed by atoms with van der Waals surface area (Å²) in [7, 11) is 6.02. The van der Waals surface area contributed by atoms with Gasteiger partial charge in [-0.1, -0.05) is 13.8 Å². The van der Waals surface area contributed by atoms with Crippen molar-refractivity contribution in [2.45, 2.75) is 32.8 Å². The maximum Gasteiger partial charge on any atom is 0.191 e. The molecular weight excluding hydrogens is 367 g/mol. The third-order valence-electron chi connectivity index (χ3n) is 3.22. The van der Waals surface area contributed by atoms with Gasteiger partial charge < -0.3 is 20.3 Å². The lowest BCUT2D eigenvalue weighted by atomic mass is 9.93. The lowest BCUT2D eigenvalue weighted by Crippen LogP contribution is -2.46. The Morgan fingerprint density at radius 1 is 1.35 bits per heavy atom. The van der Waals surface area contributed by atoms with Crippen molar-refractivity contribution >= 4 is 29.9 Å². The number of nitrogens with zero attached hydrogens (tertiary/aromatic N) is 2. The molecule has 1 aliphatic heterocycles. The molecule has 1 unspecified atom stereocenters. The molecule has 0 aromatic rings. The molecule has 5 nitrogen and oxygen atoms in total. The molecule has 0 spiro atoms. The zero-order valence-corrected chi connectivity index (χ0v) is 15.9. The number of hydrogen-bond acceptors (Lipinski definition) is 3. The van der Waals surface area contributed by atoms with E-state index < -0.39 is 0 Å². The van der Waals surface area contributed by atoms with Gasteiger partial charge in [-0.05, 0) is 32.4 Å². The summed E-state index contributed by atoms with van der Waals surface area (Å²) in [5, 5.41) is 6.73. The van der Waals surface area contributed by atoms with E-state index >= 15 is 0 Å². The molecule has 1 saturated heterocycles. The van der Waals surface area contributed by atoms with Crippen LogP contribution in [0.5, 0.6) is 0 Å². The molecule has 1 fully saturated rings. The van der Waals surface area contributed by atoms with E-state index in [1.807, 2.05) is 7.05 Å². The molecule has 0 aliphatic carbocycles. The highest BCUT2D eigenvalue weighted by molar-refractivity contribution is 14.0. The van der Waals surface area contributed by atoms with Gasteiger partial charge in [0.15, 0.2) is 5.96 Å². The second-order valence-electron chi connectivity index (χ2n) is 6.34. The molecule has 2 N–H and O–H groups in total. The highest BCUT2D eigenvalue weighted by Crippen LogP contribution is 2.14. The minimum absolute atomic E-state index is 0. The van der Waals surface area contributed by atoms with Gasteiger partial charge in [0, 0.05) is 33.3 Å². The Morgan fingerprint density at radius 2 is 2.05 bits per heavy atom. The number of hydrogen-bond donors (Lipinski definition) is 2. The molecule has 0 aromatic heterocycles. The van der Waals surface area contributed by atoms with Crippen molar-refractivity contribution in [1.82, 2.24) is 15.5 Å². The van der Waals surface area contributed by atoms with Crippen LogP contribution in [-0.2, 0) is 4.74 Å². The van der Waals surface area contributed by atoms with Crippen molar-refractivity contribution in [3.8, 4) is 0 Å². The SMILES string of the molecule is CN=C(NCC1CCCO1)NCC(C)(C)CN(C)C.I. The maximum absolute atomic E-state index is 5.59. The second kappa shape index (κ2) is 9.78. The van der Waals surface area contributed by atoms with Gasteiger partial charge >= 0.3 is 0 Å². The van der Waals surface area contributed by atoms with Crippen LogP contribution in [0.2, 0.25) is 0 Å². The van der Waals surface area contributed by atoms with E-state index in [4.69, 9.17) is 4.74 Å². The summed E-state index contributed by atoms with van der Waals surface area (Å²) < 4.78 is 5.59. The normalized spacial score (nSPS) is 19.9. The smallest absolute Gasteiger partial charge is 0.191 e. The van der Waals surface area contributed by atoms with Gasteiger partial charge in [0.25, 0.3) is 0 Å². The fraction of sp³-hybridized carbons (Fsp3) is 0.929. The van der Waals surface area contributed by atoms with Gasteiger partial charge in [-0.3, -0.25) is 4.99 Å². The average Bonchev–Trinajstić information content (AvgIpc) is 2.80. The van der Waals surface area contributed by atoms with Gasteiger partial charge in [0.1, 0.15) is 0 Å². The lowest BCUT2D eigenvalue weighted by molar-refractivity contribution is 0.113. The van der Waals surface area contributed by atoms with Gasteiger partial charge in [0.2, 0.25) is 0 Å². The summed E-state index contributed by atoms with van der Waals surface area (Å²) in [6.07, 6.45) is 2.66. The third-order valence-corrected chi connectivity index (χ3v) is 3.22. The van der Waals surface area contributed by atoms with E-state index in [1.54, 1.807) is 0 Å². The van der Waals surface area contributed by atoms with Crippen LogP contribution in [0.25, 0.3) is 0 Å². The first kappa shape index (κ1) is 19.9. The summed E-state index contributed by atoms with van der Waals surface area (Å²) in [6.45, 7) is 8.20. The van der Waals surface area contributed by atoms with Gasteiger partial charge in [-0.15, -0.1) is 24.0 Å². The Labute approximate surface area is 140 Å². The zero-order chi connectivity index (χ0) is 14.3. The van der Waals surface area contributed by atoms with E-state index in [9.17, 15) is 0 Å². The quantitative estimate of drug-likeness (QED) is 0.405. The topological polar surface area (TPSA) is 48.9 Å². The van der Waals surface area contributed by atoms with Gasteiger partial charge in [0.05, 0.1) is 6.10 Å². The molecule has 1 aliphatic rings. The van der Waals surface area contributed by atoms with Crippen molar-refractivity contribution in [2.75, 3.05) is 47.4 Å². The predicted octanol–water partition coefficient (Wildman–Crippen LogP) is 1.54. The van der Waals surface area contributed by atoms with Crippen molar-refractivity contribution in [3.05, 3.63) is 0 Å². The van der Waals surface area contributed by atoms with E-state index in [0.717, 1.165) is 38.6 Å². The van der Waals surface area contributed by atoms with E-state index in [-0.39, 0.29) is 29.4 Å². The van der Waals surface area contributed by atoms with Gasteiger partial charge in [-0.2, -0.15) is 0 Å². The van der Waals surface area contributed by atoms with Crippen LogP contribution in [-0.4, -0.2) is 64.3 Å². The summed E-state index contributed by atoms with van der Waals surface area (Å²) in [5.74, 6) is 0.863. The average molecular weight is 398 g/mol. The molecule has 1 heterocycles. The highest BCUT2D eigenvalue weighted by atomic mass is 127. The second-order valence-corrected chi connectivity index (χ2v) is 6.34. The first-order valence-corrected chi connectivity index (χ1v) is 7.14. The molecule has 0 saturated carbocycles. The van der Waals surface area contributed by atoms with Crippen molar-refractivity contribution in [2.24, 2.45) is 10.4 Å². The first-order chi connectivity index (χ1) is 8.93. The Balaban J connectivity index is 0.00000361. The number of ether oxygens (including phenoxy) is 1. The minimum atomic E-state index is 0. The van der Waals surface area contributed by atoms with Gasteiger partial charge in [-0.25, -0.2) is 0 Å². The highest BCUT2D eigenvalue weighted by Gasteiger charge is 2.20. The van der Waals surface area contributed by atoms with Crippen LogP contribution in [0.3, 0.4) is 0 Å². The molecule has 20 heavy (non-hydrogen) atoms. The fourth-order valence-electron chi connectivity index (χ4n) is 2.47. The monoisotopic (exact) mass is 398 g/mol. The molecule has 6 heteroatoms. The molecule has 120 valence electrons. The number of guanidine groups is 1. The largest absolute Gasteiger partial charge is 0.376 e. The zero-order valence-electron chi connectivity index (χ0n) is 13.5. The fourth-order valence-corrected chi connectivity index (χ4v) is 2.47. The number of rotatable bonds is 6. The Bertz CT molecular complexity index is 289. The summed E-state index contributed by atoms with van der Waals surface area (Å²) >= 11 is 0. The lowest BCUT2D eigenvalue weighted by Gasteiger charge is -2.29. The van der Waals surface area contributed by atoms with Crippen molar-refractivity contribution in [3.63, 3.8) is 0 Å². The van der Waals surface area contributed by atoms with Crippen molar-refractivity contribution < 1.29 is 4.74 Å². The van der Waals surface area contributed by atoms with E-state index in [1.165, 1.54) is 6.42 Å². The van der Waals surface area contributed by atoms with Crippen LogP contribution >= 0.6 is 24.0 Å². The summed E-state index contributed by atoms with van der Waals surface area (Å²) in [4.78, 5) is 6.47. The molecule has 1 rings (SSSR count). The first-order valence-electron chi connectivity index (χ1n) is 7.14. The Kier molecular flexibility index (Phi) is 9.74. The Morgan fingerprint density at radius 3 is 2.55 bits per heavy atom. The van der Waals surface area contributed by atoms with Crippen LogP contribution in [0, 0.1) is 5.41 Å². The van der Waals surface area contributed by atoms with Crippen LogP contribution in [0.4, 0.5) is 0 Å². The molecular formula is C14H31IN4O.